The van der Waals surface area contributed by atoms with Crippen molar-refractivity contribution in [2.45, 2.75) is 46.1 Å². The van der Waals surface area contributed by atoms with Gasteiger partial charge in [0.05, 0.1) is 11.3 Å². The number of benzene rings is 2. The van der Waals surface area contributed by atoms with Gasteiger partial charge in [-0.05, 0) is 43.0 Å². The molecule has 1 heterocycles. The highest BCUT2D eigenvalue weighted by molar-refractivity contribution is 6.53. The molecular weight excluding hydrogens is 340 g/mol. The zero-order chi connectivity index (χ0) is 19.7. The van der Waals surface area contributed by atoms with Crippen LogP contribution in [0.1, 0.15) is 54.6 Å². The molecule has 1 atom stereocenters. The van der Waals surface area contributed by atoms with Gasteiger partial charge in [0.1, 0.15) is 6.04 Å². The van der Waals surface area contributed by atoms with Crippen molar-refractivity contribution >= 4 is 29.0 Å². The number of para-hydroxylation sites is 1. The number of carbonyl (C=O) groups is 3. The third-order valence-electron chi connectivity index (χ3n) is 4.91. The molecule has 1 N–H and O–H groups in total. The standard InChI is InChI=1S/C22H24N2O3/c1-5-18(21(26)23-17-9-7-6-8-15(17)13(2)3)24-19-11-10-14(4)12-16(19)20(25)22(24)27/h6-13,18H,5H2,1-4H3,(H,23,26). The summed E-state index contributed by atoms with van der Waals surface area (Å²) in [6.45, 7) is 7.82. The topological polar surface area (TPSA) is 66.5 Å². The summed E-state index contributed by atoms with van der Waals surface area (Å²) in [4.78, 5) is 39.3. The van der Waals surface area contributed by atoms with Crippen LogP contribution in [0.3, 0.4) is 0 Å². The van der Waals surface area contributed by atoms with E-state index < -0.39 is 17.7 Å². The Kier molecular flexibility index (Phi) is 5.13. The predicted molar refractivity (Wildman–Crippen MR) is 106 cm³/mol. The first-order valence-electron chi connectivity index (χ1n) is 9.23. The molecule has 0 radical (unpaired) electrons. The van der Waals surface area contributed by atoms with Gasteiger partial charge in [-0.1, -0.05) is 50.6 Å². The Morgan fingerprint density at radius 1 is 1.11 bits per heavy atom. The molecule has 3 rings (SSSR count). The van der Waals surface area contributed by atoms with E-state index in [9.17, 15) is 14.4 Å². The van der Waals surface area contributed by atoms with E-state index >= 15 is 0 Å². The molecule has 0 bridgehead atoms. The number of hydrogen-bond donors (Lipinski definition) is 1. The van der Waals surface area contributed by atoms with Crippen LogP contribution < -0.4 is 10.2 Å². The van der Waals surface area contributed by atoms with E-state index in [4.69, 9.17) is 0 Å². The monoisotopic (exact) mass is 364 g/mol. The molecule has 0 spiro atoms. The zero-order valence-corrected chi connectivity index (χ0v) is 16.1. The van der Waals surface area contributed by atoms with Crippen LogP contribution in [0, 0.1) is 6.92 Å². The van der Waals surface area contributed by atoms with Gasteiger partial charge >= 0.3 is 0 Å². The maximum absolute atomic E-state index is 13.0. The van der Waals surface area contributed by atoms with E-state index in [1.54, 1.807) is 12.1 Å². The molecule has 140 valence electrons. The largest absolute Gasteiger partial charge is 0.324 e. The Balaban J connectivity index is 1.93. The molecule has 1 aliphatic heterocycles. The summed E-state index contributed by atoms with van der Waals surface area (Å²) >= 11 is 0. The van der Waals surface area contributed by atoms with E-state index in [-0.39, 0.29) is 11.8 Å². The van der Waals surface area contributed by atoms with Crippen LogP contribution in [0.5, 0.6) is 0 Å². The van der Waals surface area contributed by atoms with Gasteiger partial charge in [-0.2, -0.15) is 0 Å². The summed E-state index contributed by atoms with van der Waals surface area (Å²) in [5, 5.41) is 2.95. The Morgan fingerprint density at radius 3 is 2.48 bits per heavy atom. The Hall–Kier alpha value is -2.95. The van der Waals surface area contributed by atoms with Crippen LogP contribution >= 0.6 is 0 Å². The lowest BCUT2D eigenvalue weighted by atomic mass is 10.0. The van der Waals surface area contributed by atoms with Gasteiger partial charge in [-0.25, -0.2) is 0 Å². The number of amides is 2. The molecular formula is C22H24N2O3. The first-order chi connectivity index (χ1) is 12.8. The zero-order valence-electron chi connectivity index (χ0n) is 16.1. The number of nitrogens with one attached hydrogen (secondary N) is 1. The maximum Gasteiger partial charge on any atom is 0.300 e. The minimum absolute atomic E-state index is 0.250. The van der Waals surface area contributed by atoms with Crippen molar-refractivity contribution in [3.05, 3.63) is 59.2 Å². The lowest BCUT2D eigenvalue weighted by Crippen LogP contribution is -2.46. The number of anilines is 2. The lowest BCUT2D eigenvalue weighted by molar-refractivity contribution is -0.121. The Morgan fingerprint density at radius 2 is 1.81 bits per heavy atom. The summed E-state index contributed by atoms with van der Waals surface area (Å²) in [7, 11) is 0. The third kappa shape index (κ3) is 3.37. The minimum atomic E-state index is -0.745. The van der Waals surface area contributed by atoms with Crippen molar-refractivity contribution in [2.75, 3.05) is 10.2 Å². The van der Waals surface area contributed by atoms with Crippen LogP contribution in [0.25, 0.3) is 0 Å². The third-order valence-corrected chi connectivity index (χ3v) is 4.91. The summed E-state index contributed by atoms with van der Waals surface area (Å²) in [6.07, 6.45) is 0.405. The summed E-state index contributed by atoms with van der Waals surface area (Å²) in [6, 6.07) is 12.2. The van der Waals surface area contributed by atoms with Crippen molar-refractivity contribution < 1.29 is 14.4 Å². The van der Waals surface area contributed by atoms with Gasteiger partial charge in [0.15, 0.2) is 0 Å². The number of nitrogens with zero attached hydrogens (tertiary/aromatic N) is 1. The molecule has 0 fully saturated rings. The fourth-order valence-electron chi connectivity index (χ4n) is 3.50. The second-order valence-electron chi connectivity index (χ2n) is 7.18. The average Bonchev–Trinajstić information content (AvgIpc) is 2.87. The molecule has 1 unspecified atom stereocenters. The van der Waals surface area contributed by atoms with E-state index in [0.717, 1.165) is 16.8 Å². The fourth-order valence-corrected chi connectivity index (χ4v) is 3.50. The fraction of sp³-hybridized carbons (Fsp3) is 0.318. The average molecular weight is 364 g/mol. The van der Waals surface area contributed by atoms with Crippen LogP contribution in [0.4, 0.5) is 11.4 Å². The van der Waals surface area contributed by atoms with E-state index in [1.165, 1.54) is 4.90 Å². The number of ketones is 1. The van der Waals surface area contributed by atoms with Gasteiger partial charge in [-0.15, -0.1) is 0 Å². The molecule has 2 amide bonds. The number of Topliss-reactive ketones (excluding diaryl/α,β-unsaturated/α-hetero) is 1. The van der Waals surface area contributed by atoms with Crippen LogP contribution in [0.2, 0.25) is 0 Å². The molecule has 1 aliphatic rings. The molecule has 0 aliphatic carbocycles. The number of fused-ring (bicyclic) bond motifs is 1. The highest BCUT2D eigenvalue weighted by atomic mass is 16.2. The van der Waals surface area contributed by atoms with Gasteiger partial charge in [-0.3, -0.25) is 19.3 Å². The highest BCUT2D eigenvalue weighted by Crippen LogP contribution is 2.33. The smallest absolute Gasteiger partial charge is 0.300 e. The highest BCUT2D eigenvalue weighted by Gasteiger charge is 2.41. The van der Waals surface area contributed by atoms with Gasteiger partial charge in [0, 0.05) is 5.69 Å². The summed E-state index contributed by atoms with van der Waals surface area (Å²) < 4.78 is 0. The quantitative estimate of drug-likeness (QED) is 0.814. The second kappa shape index (κ2) is 7.35. The van der Waals surface area contributed by atoms with Crippen molar-refractivity contribution in [2.24, 2.45) is 0 Å². The molecule has 0 saturated carbocycles. The minimum Gasteiger partial charge on any atom is -0.324 e. The Labute approximate surface area is 159 Å². The molecule has 5 heteroatoms. The van der Waals surface area contributed by atoms with Gasteiger partial charge in [0.2, 0.25) is 5.91 Å². The molecule has 0 saturated heterocycles. The number of carbonyl (C=O) groups excluding carboxylic acids is 3. The number of hydrogen-bond acceptors (Lipinski definition) is 3. The van der Waals surface area contributed by atoms with Crippen molar-refractivity contribution in [1.82, 2.24) is 0 Å². The van der Waals surface area contributed by atoms with E-state index in [2.05, 4.69) is 19.2 Å². The first kappa shape index (κ1) is 18.8. The first-order valence-corrected chi connectivity index (χ1v) is 9.23. The Bertz CT molecular complexity index is 918. The van der Waals surface area contributed by atoms with Crippen molar-refractivity contribution in [3.8, 4) is 0 Å². The molecule has 2 aromatic carbocycles. The van der Waals surface area contributed by atoms with Crippen LogP contribution in [-0.4, -0.2) is 23.6 Å². The lowest BCUT2D eigenvalue weighted by Gasteiger charge is -2.27. The van der Waals surface area contributed by atoms with E-state index in [0.29, 0.717) is 17.7 Å². The van der Waals surface area contributed by atoms with E-state index in [1.807, 2.05) is 44.2 Å². The molecule has 5 nitrogen and oxygen atoms in total. The normalized spacial score (nSPS) is 14.5. The number of aryl methyl sites for hydroxylation is 1. The maximum atomic E-state index is 13.0. The van der Waals surface area contributed by atoms with Gasteiger partial charge in [0.25, 0.3) is 11.7 Å². The van der Waals surface area contributed by atoms with Crippen molar-refractivity contribution in [1.29, 1.82) is 0 Å². The number of rotatable bonds is 5. The van der Waals surface area contributed by atoms with Gasteiger partial charge < -0.3 is 5.32 Å². The summed E-state index contributed by atoms with van der Waals surface area (Å²) in [5.41, 5.74) is 3.54. The van der Waals surface area contributed by atoms with Crippen LogP contribution in [0.15, 0.2) is 42.5 Å². The van der Waals surface area contributed by atoms with Crippen molar-refractivity contribution in [3.63, 3.8) is 0 Å². The predicted octanol–water partition coefficient (Wildman–Crippen LogP) is 4.07. The SMILES string of the molecule is CCC(C(=O)Nc1ccccc1C(C)C)N1C(=O)C(=O)c2cc(C)ccc21. The van der Waals surface area contributed by atoms with Crippen LogP contribution in [-0.2, 0) is 9.59 Å². The summed E-state index contributed by atoms with van der Waals surface area (Å²) in [5.74, 6) is -1.24. The molecule has 2 aromatic rings. The molecule has 0 aromatic heterocycles. The molecule has 27 heavy (non-hydrogen) atoms. The second-order valence-corrected chi connectivity index (χ2v) is 7.18.